The van der Waals surface area contributed by atoms with Gasteiger partial charge in [0.15, 0.2) is 8.32 Å². The van der Waals surface area contributed by atoms with Gasteiger partial charge in [-0.1, -0.05) is 20.8 Å². The van der Waals surface area contributed by atoms with Crippen LogP contribution in [0.25, 0.3) is 0 Å². The molecule has 14 heavy (non-hydrogen) atoms. The first-order valence-electron chi connectivity index (χ1n) is 5.45. The lowest BCUT2D eigenvalue weighted by Gasteiger charge is -2.37. The van der Waals surface area contributed by atoms with Crippen LogP contribution in [0.15, 0.2) is 0 Å². The highest BCUT2D eigenvalue weighted by Crippen LogP contribution is 2.36. The molecule has 1 heterocycles. The number of hydrogen-bond acceptors (Lipinski definition) is 1. The van der Waals surface area contributed by atoms with Gasteiger partial charge in [0.1, 0.15) is 0 Å². The highest BCUT2D eigenvalue weighted by atomic mass is 28.4. The molecular formula is C10H23BNOSi. The van der Waals surface area contributed by atoms with Crippen molar-refractivity contribution in [1.29, 1.82) is 0 Å². The number of rotatable bonds is 4. The summed E-state index contributed by atoms with van der Waals surface area (Å²) >= 11 is 0. The Hall–Kier alpha value is 0.202. The molecule has 81 valence electrons. The second kappa shape index (κ2) is 3.65. The van der Waals surface area contributed by atoms with Crippen molar-refractivity contribution in [2.45, 2.75) is 38.9 Å². The molecule has 0 bridgehead atoms. The Morgan fingerprint density at radius 2 is 1.79 bits per heavy atom. The first kappa shape index (κ1) is 12.3. The molecule has 4 heteroatoms. The van der Waals surface area contributed by atoms with E-state index < -0.39 is 8.32 Å². The SMILES string of the molecule is [B-][N+]1(CCO[Si](C)(C)C(C)(C)C)CC1. The van der Waals surface area contributed by atoms with Crippen molar-refractivity contribution >= 4 is 16.3 Å². The number of hydrogen-bond donors (Lipinski definition) is 0. The van der Waals surface area contributed by atoms with Gasteiger partial charge in [-0.2, -0.15) is 0 Å². The van der Waals surface area contributed by atoms with Crippen LogP contribution in [0.3, 0.4) is 0 Å². The van der Waals surface area contributed by atoms with E-state index in [-0.39, 0.29) is 0 Å². The van der Waals surface area contributed by atoms with Crippen LogP contribution in [0.1, 0.15) is 20.8 Å². The predicted molar refractivity (Wildman–Crippen MR) is 63.8 cm³/mol. The molecule has 0 aliphatic carbocycles. The van der Waals surface area contributed by atoms with Gasteiger partial charge in [0, 0.05) is 0 Å². The molecule has 0 aromatic heterocycles. The fourth-order valence-corrected chi connectivity index (χ4v) is 2.09. The highest BCUT2D eigenvalue weighted by Gasteiger charge is 2.37. The zero-order valence-corrected chi connectivity index (χ0v) is 11.3. The molecular weight excluding hydrogens is 189 g/mol. The van der Waals surface area contributed by atoms with Crippen LogP contribution in [0, 0.1) is 0 Å². The van der Waals surface area contributed by atoms with E-state index in [2.05, 4.69) is 33.9 Å². The fourth-order valence-electron chi connectivity index (χ4n) is 1.05. The zero-order chi connectivity index (χ0) is 11.0. The van der Waals surface area contributed by atoms with Gasteiger partial charge in [0.05, 0.1) is 26.2 Å². The minimum atomic E-state index is -1.54. The van der Waals surface area contributed by atoms with E-state index in [1.54, 1.807) is 0 Å². The first-order valence-corrected chi connectivity index (χ1v) is 8.36. The molecule has 0 N–H and O–H groups in total. The van der Waals surface area contributed by atoms with Crippen molar-refractivity contribution in [1.82, 2.24) is 0 Å². The molecule has 2 nitrogen and oxygen atoms in total. The monoisotopic (exact) mass is 212 g/mol. The summed E-state index contributed by atoms with van der Waals surface area (Å²) in [4.78, 5) is 0. The average molecular weight is 212 g/mol. The third-order valence-electron chi connectivity index (χ3n) is 3.60. The van der Waals surface area contributed by atoms with Crippen molar-refractivity contribution < 1.29 is 8.82 Å². The number of nitrogens with zero attached hydrogens (tertiary/aromatic N) is 1. The van der Waals surface area contributed by atoms with E-state index in [1.807, 2.05) is 0 Å². The van der Waals surface area contributed by atoms with E-state index in [9.17, 15) is 0 Å². The summed E-state index contributed by atoms with van der Waals surface area (Å²) in [5.41, 5.74) is 0. The Balaban J connectivity index is 2.29. The molecule has 0 amide bonds. The normalized spacial score (nSPS) is 21.0. The number of quaternary nitrogens is 1. The lowest BCUT2D eigenvalue weighted by Crippen LogP contribution is -2.43. The molecule has 0 atom stereocenters. The molecule has 1 aliphatic rings. The van der Waals surface area contributed by atoms with Crippen LogP contribution in [0.5, 0.6) is 0 Å². The van der Waals surface area contributed by atoms with Gasteiger partial charge in [0.25, 0.3) is 0 Å². The minimum Gasteiger partial charge on any atom is -0.577 e. The molecule has 0 aromatic carbocycles. The fraction of sp³-hybridized carbons (Fsp3) is 1.00. The molecule has 1 saturated heterocycles. The van der Waals surface area contributed by atoms with Gasteiger partial charge in [-0.05, 0) is 18.1 Å². The standard InChI is InChI=1S/C10H23BNOSi/c1-10(2,3)14(4,5)13-9-8-12(11)6-7-12/h6-9H2,1-5H3. The lowest BCUT2D eigenvalue weighted by molar-refractivity contribution is -0.673. The highest BCUT2D eigenvalue weighted by molar-refractivity contribution is 6.74. The Morgan fingerprint density at radius 1 is 1.29 bits per heavy atom. The zero-order valence-electron chi connectivity index (χ0n) is 10.3. The summed E-state index contributed by atoms with van der Waals surface area (Å²) in [6.07, 6.45) is 0. The third kappa shape index (κ3) is 3.11. The maximum atomic E-state index is 6.05. The van der Waals surface area contributed by atoms with Crippen molar-refractivity contribution in [2.24, 2.45) is 0 Å². The molecule has 1 aliphatic heterocycles. The van der Waals surface area contributed by atoms with Gasteiger partial charge < -0.3 is 8.82 Å². The summed E-state index contributed by atoms with van der Waals surface area (Å²) in [5, 5.41) is 0.311. The van der Waals surface area contributed by atoms with E-state index in [1.165, 1.54) is 0 Å². The molecule has 0 unspecified atom stereocenters. The van der Waals surface area contributed by atoms with E-state index in [0.717, 1.165) is 30.6 Å². The van der Waals surface area contributed by atoms with Gasteiger partial charge in [-0.25, -0.2) is 7.98 Å². The smallest absolute Gasteiger partial charge is 0.192 e. The average Bonchev–Trinajstić information content (AvgIpc) is 2.65. The second-order valence-electron chi connectivity index (χ2n) is 6.00. The summed E-state index contributed by atoms with van der Waals surface area (Å²) in [6, 6.07) is 0. The lowest BCUT2D eigenvalue weighted by atomic mass is 10.2. The van der Waals surface area contributed by atoms with Crippen LogP contribution in [-0.2, 0) is 4.43 Å². The van der Waals surface area contributed by atoms with Crippen molar-refractivity contribution in [2.75, 3.05) is 26.2 Å². The summed E-state index contributed by atoms with van der Waals surface area (Å²) in [5.74, 6) is 0. The van der Waals surface area contributed by atoms with Gasteiger partial charge in [-0.3, -0.25) is 0 Å². The van der Waals surface area contributed by atoms with Crippen LogP contribution in [0.2, 0.25) is 18.1 Å². The Labute approximate surface area is 90.8 Å². The maximum Gasteiger partial charge on any atom is 0.192 e. The Bertz CT molecular complexity index is 209. The van der Waals surface area contributed by atoms with Crippen molar-refractivity contribution in [3.05, 3.63) is 0 Å². The molecule has 0 saturated carbocycles. The molecule has 3 radical (unpaired) electrons. The largest absolute Gasteiger partial charge is 0.577 e. The quantitative estimate of drug-likeness (QED) is 0.511. The van der Waals surface area contributed by atoms with Crippen LogP contribution < -0.4 is 0 Å². The molecule has 1 rings (SSSR count). The molecule has 1 fully saturated rings. The summed E-state index contributed by atoms with van der Waals surface area (Å²) in [7, 11) is 4.42. The first-order chi connectivity index (χ1) is 6.16. The minimum absolute atomic E-state index is 0.311. The molecule has 0 spiro atoms. The van der Waals surface area contributed by atoms with Gasteiger partial charge in [0.2, 0.25) is 0 Å². The van der Waals surface area contributed by atoms with Gasteiger partial charge in [-0.15, -0.1) is 0 Å². The van der Waals surface area contributed by atoms with E-state index >= 15 is 0 Å². The topological polar surface area (TPSA) is 9.23 Å². The maximum absolute atomic E-state index is 6.05. The van der Waals surface area contributed by atoms with E-state index in [0.29, 0.717) is 5.04 Å². The third-order valence-corrected chi connectivity index (χ3v) is 8.14. The van der Waals surface area contributed by atoms with Crippen LogP contribution in [-0.4, -0.2) is 46.9 Å². The summed E-state index contributed by atoms with van der Waals surface area (Å²) < 4.78 is 6.78. The van der Waals surface area contributed by atoms with Crippen molar-refractivity contribution in [3.63, 3.8) is 0 Å². The van der Waals surface area contributed by atoms with Crippen LogP contribution >= 0.6 is 0 Å². The molecule has 0 aromatic rings. The Morgan fingerprint density at radius 3 is 2.14 bits per heavy atom. The Kier molecular flexibility index (Phi) is 3.20. The second-order valence-corrected chi connectivity index (χ2v) is 10.8. The van der Waals surface area contributed by atoms with Crippen molar-refractivity contribution in [3.8, 4) is 0 Å². The van der Waals surface area contributed by atoms with E-state index in [4.69, 9.17) is 12.4 Å². The predicted octanol–water partition coefficient (Wildman–Crippen LogP) is 1.92. The van der Waals surface area contributed by atoms with Gasteiger partial charge >= 0.3 is 0 Å². The van der Waals surface area contributed by atoms with Crippen LogP contribution in [0.4, 0.5) is 0 Å². The summed E-state index contributed by atoms with van der Waals surface area (Å²) in [6.45, 7) is 15.4.